The largest absolute Gasteiger partial charge is 0.356 e. The Balaban J connectivity index is 0.000000561. The molecule has 0 radical (unpaired) electrons. The SMILES string of the molecule is CC.CC(C)C1CCCNC1=O. The molecule has 1 rings (SSSR count). The Kier molecular flexibility index (Phi) is 5.77. The van der Waals surface area contributed by atoms with Crippen molar-refractivity contribution in [1.82, 2.24) is 5.32 Å². The minimum absolute atomic E-state index is 0.251. The van der Waals surface area contributed by atoms with E-state index in [0.717, 1.165) is 19.4 Å². The molecule has 0 aromatic heterocycles. The zero-order valence-corrected chi connectivity index (χ0v) is 8.68. The molecule has 1 saturated heterocycles. The molecule has 1 amide bonds. The number of carbonyl (C=O) groups is 1. The summed E-state index contributed by atoms with van der Waals surface area (Å²) in [6, 6.07) is 0. The third-order valence-electron chi connectivity index (χ3n) is 2.13. The van der Waals surface area contributed by atoms with Crippen LogP contribution in [0.25, 0.3) is 0 Å². The van der Waals surface area contributed by atoms with Gasteiger partial charge in [-0.1, -0.05) is 27.7 Å². The Morgan fingerprint density at radius 2 is 2.00 bits per heavy atom. The number of nitrogens with one attached hydrogen (secondary N) is 1. The van der Waals surface area contributed by atoms with Gasteiger partial charge in [-0.3, -0.25) is 4.79 Å². The van der Waals surface area contributed by atoms with Crippen LogP contribution in [0.15, 0.2) is 0 Å². The van der Waals surface area contributed by atoms with Crippen LogP contribution in [0.2, 0.25) is 0 Å². The van der Waals surface area contributed by atoms with Crippen molar-refractivity contribution in [1.29, 1.82) is 0 Å². The second-order valence-corrected chi connectivity index (χ2v) is 3.28. The predicted octanol–water partition coefficient (Wildman–Crippen LogP) is 2.19. The van der Waals surface area contributed by atoms with Gasteiger partial charge in [0.25, 0.3) is 0 Å². The van der Waals surface area contributed by atoms with E-state index in [2.05, 4.69) is 19.2 Å². The van der Waals surface area contributed by atoms with Gasteiger partial charge in [0.05, 0.1) is 0 Å². The summed E-state index contributed by atoms with van der Waals surface area (Å²) in [5.74, 6) is 1.02. The molecule has 0 aromatic rings. The maximum atomic E-state index is 11.1. The molecule has 1 aliphatic rings. The van der Waals surface area contributed by atoms with Crippen LogP contribution in [0.3, 0.4) is 0 Å². The first-order valence-corrected chi connectivity index (χ1v) is 4.99. The summed E-state index contributed by atoms with van der Waals surface area (Å²) in [5.41, 5.74) is 0. The zero-order chi connectivity index (χ0) is 9.56. The van der Waals surface area contributed by atoms with Gasteiger partial charge in [-0.05, 0) is 18.8 Å². The van der Waals surface area contributed by atoms with E-state index in [1.165, 1.54) is 0 Å². The van der Waals surface area contributed by atoms with E-state index in [1.807, 2.05) is 13.8 Å². The van der Waals surface area contributed by atoms with E-state index < -0.39 is 0 Å². The Hall–Kier alpha value is -0.530. The van der Waals surface area contributed by atoms with Crippen molar-refractivity contribution in [3.05, 3.63) is 0 Å². The van der Waals surface area contributed by atoms with E-state index in [-0.39, 0.29) is 11.8 Å². The second kappa shape index (κ2) is 6.04. The molecule has 1 N–H and O–H groups in total. The molecule has 1 unspecified atom stereocenters. The molecule has 2 nitrogen and oxygen atoms in total. The van der Waals surface area contributed by atoms with E-state index in [4.69, 9.17) is 0 Å². The van der Waals surface area contributed by atoms with Gasteiger partial charge in [0.1, 0.15) is 0 Å². The maximum absolute atomic E-state index is 11.1. The zero-order valence-electron chi connectivity index (χ0n) is 8.68. The van der Waals surface area contributed by atoms with Crippen LogP contribution in [0.5, 0.6) is 0 Å². The smallest absolute Gasteiger partial charge is 0.223 e. The number of piperidine rings is 1. The van der Waals surface area contributed by atoms with Crippen molar-refractivity contribution in [2.75, 3.05) is 6.54 Å². The molecule has 0 aromatic carbocycles. The highest BCUT2D eigenvalue weighted by Gasteiger charge is 2.24. The summed E-state index contributed by atoms with van der Waals surface area (Å²) in [6.07, 6.45) is 2.22. The van der Waals surface area contributed by atoms with Gasteiger partial charge in [0.15, 0.2) is 0 Å². The molecule has 72 valence electrons. The van der Waals surface area contributed by atoms with E-state index >= 15 is 0 Å². The fraction of sp³-hybridized carbons (Fsp3) is 0.900. The van der Waals surface area contributed by atoms with Crippen LogP contribution < -0.4 is 5.32 Å². The lowest BCUT2D eigenvalue weighted by atomic mass is 9.88. The van der Waals surface area contributed by atoms with Crippen LogP contribution >= 0.6 is 0 Å². The summed E-state index contributed by atoms with van der Waals surface area (Å²) in [7, 11) is 0. The van der Waals surface area contributed by atoms with E-state index in [1.54, 1.807) is 0 Å². The van der Waals surface area contributed by atoms with Crippen molar-refractivity contribution in [3.8, 4) is 0 Å². The molecular formula is C10H21NO. The molecule has 1 heterocycles. The monoisotopic (exact) mass is 171 g/mol. The lowest BCUT2D eigenvalue weighted by Gasteiger charge is -2.24. The molecule has 0 aliphatic carbocycles. The summed E-state index contributed by atoms with van der Waals surface area (Å²) >= 11 is 0. The highest BCUT2D eigenvalue weighted by Crippen LogP contribution is 2.19. The highest BCUT2D eigenvalue weighted by molar-refractivity contribution is 5.79. The van der Waals surface area contributed by atoms with Gasteiger partial charge >= 0.3 is 0 Å². The van der Waals surface area contributed by atoms with Gasteiger partial charge < -0.3 is 5.32 Å². The number of rotatable bonds is 1. The first-order valence-electron chi connectivity index (χ1n) is 4.99. The standard InChI is InChI=1S/C8H15NO.C2H6/c1-6(2)7-4-3-5-9-8(7)10;1-2/h6-7H,3-5H2,1-2H3,(H,9,10);1-2H3. The third-order valence-corrected chi connectivity index (χ3v) is 2.13. The first-order chi connectivity index (χ1) is 5.72. The van der Waals surface area contributed by atoms with Crippen molar-refractivity contribution in [2.45, 2.75) is 40.5 Å². The average Bonchev–Trinajstić information content (AvgIpc) is 2.08. The Morgan fingerprint density at radius 1 is 1.42 bits per heavy atom. The average molecular weight is 171 g/mol. The molecule has 0 bridgehead atoms. The Morgan fingerprint density at radius 3 is 2.33 bits per heavy atom. The van der Waals surface area contributed by atoms with Gasteiger partial charge in [-0.2, -0.15) is 0 Å². The van der Waals surface area contributed by atoms with Crippen molar-refractivity contribution >= 4 is 5.91 Å². The molecule has 2 heteroatoms. The summed E-state index contributed by atoms with van der Waals surface area (Å²) in [5, 5.41) is 2.87. The van der Waals surface area contributed by atoms with E-state index in [9.17, 15) is 4.79 Å². The van der Waals surface area contributed by atoms with E-state index in [0.29, 0.717) is 5.92 Å². The minimum Gasteiger partial charge on any atom is -0.356 e. The number of carbonyl (C=O) groups excluding carboxylic acids is 1. The minimum atomic E-state index is 0.251. The highest BCUT2D eigenvalue weighted by atomic mass is 16.1. The summed E-state index contributed by atoms with van der Waals surface area (Å²) in [6.45, 7) is 9.09. The fourth-order valence-corrected chi connectivity index (χ4v) is 1.43. The quantitative estimate of drug-likeness (QED) is 0.644. The molecule has 1 atom stereocenters. The molecule has 1 fully saturated rings. The van der Waals surface area contributed by atoms with Crippen molar-refractivity contribution in [2.24, 2.45) is 11.8 Å². The van der Waals surface area contributed by atoms with Crippen LogP contribution in [-0.4, -0.2) is 12.5 Å². The van der Waals surface area contributed by atoms with Crippen molar-refractivity contribution < 1.29 is 4.79 Å². The summed E-state index contributed by atoms with van der Waals surface area (Å²) in [4.78, 5) is 11.1. The van der Waals surface area contributed by atoms with Gasteiger partial charge in [-0.25, -0.2) is 0 Å². The lowest BCUT2D eigenvalue weighted by molar-refractivity contribution is -0.128. The number of hydrogen-bond donors (Lipinski definition) is 1. The third kappa shape index (κ3) is 3.24. The van der Waals surface area contributed by atoms with Gasteiger partial charge in [0.2, 0.25) is 5.91 Å². The molecule has 0 saturated carbocycles. The van der Waals surface area contributed by atoms with Crippen LogP contribution in [0.4, 0.5) is 0 Å². The molecule has 12 heavy (non-hydrogen) atoms. The maximum Gasteiger partial charge on any atom is 0.223 e. The topological polar surface area (TPSA) is 29.1 Å². The normalized spacial score (nSPS) is 22.8. The number of hydrogen-bond acceptors (Lipinski definition) is 1. The van der Waals surface area contributed by atoms with Crippen LogP contribution in [0.1, 0.15) is 40.5 Å². The van der Waals surface area contributed by atoms with Crippen molar-refractivity contribution in [3.63, 3.8) is 0 Å². The van der Waals surface area contributed by atoms with Gasteiger partial charge in [0, 0.05) is 12.5 Å². The van der Waals surface area contributed by atoms with Gasteiger partial charge in [-0.15, -0.1) is 0 Å². The molecule has 0 spiro atoms. The predicted molar refractivity (Wildman–Crippen MR) is 51.9 cm³/mol. The second-order valence-electron chi connectivity index (χ2n) is 3.28. The first kappa shape index (κ1) is 11.5. The van der Waals surface area contributed by atoms with Crippen LogP contribution in [0, 0.1) is 11.8 Å². The molecular weight excluding hydrogens is 150 g/mol. The summed E-state index contributed by atoms with van der Waals surface area (Å²) < 4.78 is 0. The lowest BCUT2D eigenvalue weighted by Crippen LogP contribution is -2.38. The fourth-order valence-electron chi connectivity index (χ4n) is 1.43. The Bertz CT molecular complexity index is 132. The molecule has 1 aliphatic heterocycles. The number of amides is 1. The Labute approximate surface area is 75.7 Å². The van der Waals surface area contributed by atoms with Crippen LogP contribution in [-0.2, 0) is 4.79 Å².